The van der Waals surface area contributed by atoms with E-state index in [1.54, 1.807) is 0 Å². The Morgan fingerprint density at radius 3 is 2.69 bits per heavy atom. The zero-order chi connectivity index (χ0) is 19.4. The molecule has 26 heavy (non-hydrogen) atoms. The number of aliphatic carboxylic acids is 1. The van der Waals surface area contributed by atoms with Crippen LogP contribution in [0.2, 0.25) is 0 Å². The molecule has 148 valence electrons. The first-order chi connectivity index (χ1) is 12.5. The summed E-state index contributed by atoms with van der Waals surface area (Å²) in [4.78, 5) is 24.6. The van der Waals surface area contributed by atoms with Gasteiger partial charge in [-0.2, -0.15) is 0 Å². The summed E-state index contributed by atoms with van der Waals surface area (Å²) in [5.74, 6) is 5.78. The Balaban J connectivity index is 2.29. The van der Waals surface area contributed by atoms with Crippen molar-refractivity contribution in [3.05, 3.63) is 0 Å². The maximum Gasteiger partial charge on any atom is 0.303 e. The van der Waals surface area contributed by atoms with Crippen molar-refractivity contribution in [3.8, 4) is 11.8 Å². The van der Waals surface area contributed by atoms with Crippen LogP contribution in [0.25, 0.3) is 0 Å². The quantitative estimate of drug-likeness (QED) is 0.409. The van der Waals surface area contributed by atoms with Gasteiger partial charge >= 0.3 is 5.97 Å². The largest absolute Gasteiger partial charge is 0.481 e. The predicted octanol–water partition coefficient (Wildman–Crippen LogP) is 3.59. The highest BCUT2D eigenvalue weighted by Crippen LogP contribution is 2.25. The summed E-state index contributed by atoms with van der Waals surface area (Å²) in [5, 5.41) is 19.0. The molecule has 0 aromatic heterocycles. The lowest BCUT2D eigenvalue weighted by Gasteiger charge is -2.26. The number of rotatable bonds is 12. The lowest BCUT2D eigenvalue weighted by molar-refractivity contribution is -0.137. The maximum atomic E-state index is 12.1. The molecule has 0 spiro atoms. The molecule has 1 heterocycles. The van der Waals surface area contributed by atoms with Gasteiger partial charge in [0.2, 0.25) is 5.91 Å². The fourth-order valence-electron chi connectivity index (χ4n) is 3.45. The Kier molecular flexibility index (Phi) is 11.0. The smallest absolute Gasteiger partial charge is 0.303 e. The minimum absolute atomic E-state index is 0.161. The number of aliphatic hydroxyl groups is 1. The first-order valence-corrected chi connectivity index (χ1v) is 10.1. The second kappa shape index (κ2) is 12.8. The van der Waals surface area contributed by atoms with Crippen molar-refractivity contribution < 1.29 is 19.8 Å². The van der Waals surface area contributed by atoms with Crippen LogP contribution in [-0.2, 0) is 9.59 Å². The summed E-state index contributed by atoms with van der Waals surface area (Å²) in [6.45, 7) is 4.81. The number of hydrogen-bond acceptors (Lipinski definition) is 3. The lowest BCUT2D eigenvalue weighted by atomic mass is 9.95. The lowest BCUT2D eigenvalue weighted by Crippen LogP contribution is -2.34. The number of carboxylic acid groups (broad SMARTS) is 1. The molecule has 0 radical (unpaired) electrons. The van der Waals surface area contributed by atoms with E-state index in [0.717, 1.165) is 51.5 Å². The van der Waals surface area contributed by atoms with Gasteiger partial charge in [-0.3, -0.25) is 9.59 Å². The van der Waals surface area contributed by atoms with Gasteiger partial charge in [-0.05, 0) is 38.0 Å². The van der Waals surface area contributed by atoms with Gasteiger partial charge in [-0.25, -0.2) is 0 Å². The molecular weight excluding hydrogens is 330 g/mol. The van der Waals surface area contributed by atoms with Crippen LogP contribution in [-0.4, -0.2) is 45.7 Å². The molecule has 1 rings (SSSR count). The third kappa shape index (κ3) is 8.71. The second-order valence-electron chi connectivity index (χ2n) is 7.37. The molecule has 2 N–H and O–H groups in total. The number of unbranched alkanes of at least 4 members (excludes halogenated alkanes) is 3. The predicted molar refractivity (Wildman–Crippen MR) is 103 cm³/mol. The number of amides is 1. The molecule has 0 aromatic rings. The van der Waals surface area contributed by atoms with Crippen LogP contribution < -0.4 is 0 Å². The molecule has 0 saturated carbocycles. The number of nitrogens with zero attached hydrogens (tertiary/aromatic N) is 1. The Morgan fingerprint density at radius 2 is 2.00 bits per heavy atom. The van der Waals surface area contributed by atoms with Crippen LogP contribution in [0.4, 0.5) is 0 Å². The van der Waals surface area contributed by atoms with Crippen LogP contribution in [0.1, 0.15) is 84.5 Å². The SMILES string of the molecule is CCC#CC[C@@H](C)[C@H](O)CC[C@H]1CCC(=O)N1CCCCCCC(=O)O. The molecule has 1 amide bonds. The number of carboxylic acids is 1. The first-order valence-electron chi connectivity index (χ1n) is 10.1. The van der Waals surface area contributed by atoms with Crippen molar-refractivity contribution in [2.45, 2.75) is 96.6 Å². The average molecular weight is 366 g/mol. The van der Waals surface area contributed by atoms with Crippen molar-refractivity contribution in [2.24, 2.45) is 5.92 Å². The molecule has 1 saturated heterocycles. The number of likely N-dealkylation sites (tertiary alicyclic amines) is 1. The zero-order valence-corrected chi connectivity index (χ0v) is 16.4. The monoisotopic (exact) mass is 365 g/mol. The van der Waals surface area contributed by atoms with E-state index in [4.69, 9.17) is 5.11 Å². The fraction of sp³-hybridized carbons (Fsp3) is 0.810. The highest BCUT2D eigenvalue weighted by molar-refractivity contribution is 5.78. The summed E-state index contributed by atoms with van der Waals surface area (Å²) < 4.78 is 0. The molecule has 3 atom stereocenters. The summed E-state index contributed by atoms with van der Waals surface area (Å²) in [7, 11) is 0. The van der Waals surface area contributed by atoms with Gasteiger partial charge in [0.1, 0.15) is 0 Å². The summed E-state index contributed by atoms with van der Waals surface area (Å²) >= 11 is 0. The highest BCUT2D eigenvalue weighted by atomic mass is 16.4. The van der Waals surface area contributed by atoms with Gasteiger partial charge in [0.25, 0.3) is 0 Å². The number of aliphatic hydroxyl groups excluding tert-OH is 1. The van der Waals surface area contributed by atoms with Crippen LogP contribution in [0.15, 0.2) is 0 Å². The van der Waals surface area contributed by atoms with Gasteiger partial charge < -0.3 is 15.1 Å². The van der Waals surface area contributed by atoms with Gasteiger partial charge in [0.15, 0.2) is 0 Å². The molecule has 0 aliphatic carbocycles. The summed E-state index contributed by atoms with van der Waals surface area (Å²) in [5.41, 5.74) is 0. The van der Waals surface area contributed by atoms with Crippen LogP contribution >= 0.6 is 0 Å². The van der Waals surface area contributed by atoms with Crippen molar-refractivity contribution in [1.29, 1.82) is 0 Å². The number of carbonyl (C=O) groups excluding carboxylic acids is 1. The topological polar surface area (TPSA) is 77.8 Å². The number of hydrogen-bond donors (Lipinski definition) is 2. The summed E-state index contributed by atoms with van der Waals surface area (Å²) in [6, 6.07) is 0.241. The van der Waals surface area contributed by atoms with Crippen LogP contribution in [0.5, 0.6) is 0 Å². The fourth-order valence-corrected chi connectivity index (χ4v) is 3.45. The Hall–Kier alpha value is -1.54. The van der Waals surface area contributed by atoms with Crippen molar-refractivity contribution in [3.63, 3.8) is 0 Å². The van der Waals surface area contributed by atoms with E-state index in [1.807, 2.05) is 18.7 Å². The molecule has 0 aromatic carbocycles. The molecular formula is C21H35NO4. The first kappa shape index (κ1) is 22.5. The minimum atomic E-state index is -0.742. The zero-order valence-electron chi connectivity index (χ0n) is 16.4. The average Bonchev–Trinajstić information content (AvgIpc) is 2.95. The third-order valence-corrected chi connectivity index (χ3v) is 5.17. The Bertz CT molecular complexity index is 494. The van der Waals surface area contributed by atoms with Crippen molar-refractivity contribution in [2.75, 3.05) is 6.54 Å². The Labute approximate surface area is 158 Å². The van der Waals surface area contributed by atoms with Gasteiger partial charge in [-0.15, -0.1) is 11.8 Å². The van der Waals surface area contributed by atoms with E-state index in [-0.39, 0.29) is 30.4 Å². The summed E-state index contributed by atoms with van der Waals surface area (Å²) in [6.07, 6.45) is 7.96. The molecule has 1 aliphatic rings. The molecule has 0 unspecified atom stereocenters. The van der Waals surface area contributed by atoms with Gasteiger partial charge in [0, 0.05) is 38.3 Å². The molecule has 0 bridgehead atoms. The van der Waals surface area contributed by atoms with Crippen LogP contribution in [0, 0.1) is 17.8 Å². The molecule has 1 fully saturated rings. The van der Waals surface area contributed by atoms with Crippen LogP contribution in [0.3, 0.4) is 0 Å². The minimum Gasteiger partial charge on any atom is -0.481 e. The van der Waals surface area contributed by atoms with E-state index < -0.39 is 5.97 Å². The second-order valence-corrected chi connectivity index (χ2v) is 7.37. The van der Waals surface area contributed by atoms with E-state index >= 15 is 0 Å². The normalized spacial score (nSPS) is 19.1. The third-order valence-electron chi connectivity index (χ3n) is 5.17. The maximum absolute atomic E-state index is 12.1. The molecule has 5 heteroatoms. The van der Waals surface area contributed by atoms with E-state index in [2.05, 4.69) is 11.8 Å². The van der Waals surface area contributed by atoms with E-state index in [9.17, 15) is 14.7 Å². The van der Waals surface area contributed by atoms with E-state index in [1.165, 1.54) is 0 Å². The highest BCUT2D eigenvalue weighted by Gasteiger charge is 2.30. The van der Waals surface area contributed by atoms with Gasteiger partial charge in [-0.1, -0.05) is 26.7 Å². The van der Waals surface area contributed by atoms with Crippen molar-refractivity contribution >= 4 is 11.9 Å². The standard InChI is InChI=1S/C21H35NO4/c1-3-4-7-10-17(2)19(23)14-12-18-13-15-20(24)22(18)16-9-6-5-8-11-21(25)26/h17-19,23H,3,5-6,8-16H2,1-2H3,(H,25,26)/t17-,18+,19-/m1/s1. The van der Waals surface area contributed by atoms with E-state index in [0.29, 0.717) is 19.3 Å². The van der Waals surface area contributed by atoms with Crippen molar-refractivity contribution in [1.82, 2.24) is 4.90 Å². The number of carbonyl (C=O) groups is 2. The molecule has 1 aliphatic heterocycles. The Morgan fingerprint density at radius 1 is 1.27 bits per heavy atom. The molecule has 5 nitrogen and oxygen atoms in total. The van der Waals surface area contributed by atoms with Gasteiger partial charge in [0.05, 0.1) is 6.10 Å².